The van der Waals surface area contributed by atoms with E-state index in [-0.39, 0.29) is 6.04 Å². The topological polar surface area (TPSA) is 12.4 Å². The molecule has 0 radical (unpaired) electrons. The zero-order valence-electron chi connectivity index (χ0n) is 13.3. The normalized spacial score (nSPS) is 16.2. The van der Waals surface area contributed by atoms with Gasteiger partial charge in [0.1, 0.15) is 0 Å². The molecule has 1 unspecified atom stereocenters. The van der Waals surface area contributed by atoms with E-state index >= 15 is 0 Å². The van der Waals surface area contributed by atoms with Gasteiger partial charge in [-0.05, 0) is 47.7 Å². The molecule has 1 aliphatic heterocycles. The van der Waals surface area contributed by atoms with Crippen LogP contribution in [0.4, 0.5) is 0 Å². The van der Waals surface area contributed by atoms with Crippen LogP contribution in [0.5, 0.6) is 0 Å². The van der Waals surface area contributed by atoms with E-state index in [1.54, 1.807) is 0 Å². The van der Waals surface area contributed by atoms with Gasteiger partial charge in [0.25, 0.3) is 0 Å². The number of hydrogen-bond acceptors (Lipinski definition) is 1. The second-order valence-electron chi connectivity index (χ2n) is 5.07. The summed E-state index contributed by atoms with van der Waals surface area (Å²) in [6.45, 7) is 8.25. The van der Waals surface area contributed by atoms with E-state index in [0.717, 1.165) is 0 Å². The molecule has 1 heterocycles. The highest BCUT2D eigenvalue weighted by molar-refractivity contribution is 5.81. The number of benzene rings is 2. The van der Waals surface area contributed by atoms with Gasteiger partial charge in [0.05, 0.1) is 6.04 Å². The van der Waals surface area contributed by atoms with Crippen LogP contribution in [0.15, 0.2) is 65.2 Å². The van der Waals surface area contributed by atoms with Gasteiger partial charge in [-0.2, -0.15) is 0 Å². The number of rotatable bonds is 2. The second-order valence-corrected chi connectivity index (χ2v) is 5.07. The molecule has 1 nitrogen and oxygen atoms in total. The molecule has 0 fully saturated rings. The molecule has 0 saturated heterocycles. The van der Waals surface area contributed by atoms with Crippen LogP contribution in [0, 0.1) is 6.92 Å². The van der Waals surface area contributed by atoms with Crippen molar-refractivity contribution in [3.05, 3.63) is 71.3 Å². The smallest absolute Gasteiger partial charge is 0.0939 e. The molecule has 21 heavy (non-hydrogen) atoms. The molecule has 0 N–H and O–H groups in total. The van der Waals surface area contributed by atoms with Crippen LogP contribution in [0.1, 0.15) is 37.9 Å². The average molecular weight is 277 g/mol. The Morgan fingerprint density at radius 3 is 2.19 bits per heavy atom. The number of allylic oxidation sites excluding steroid dienone is 1. The molecule has 108 valence electrons. The van der Waals surface area contributed by atoms with Crippen molar-refractivity contribution in [2.24, 2.45) is 4.99 Å². The van der Waals surface area contributed by atoms with E-state index in [2.05, 4.69) is 67.4 Å². The summed E-state index contributed by atoms with van der Waals surface area (Å²) in [5.41, 5.74) is 6.36. The van der Waals surface area contributed by atoms with E-state index in [0.29, 0.717) is 0 Å². The molecule has 0 bridgehead atoms. The zero-order valence-corrected chi connectivity index (χ0v) is 13.3. The third kappa shape index (κ3) is 3.49. The molecule has 1 heteroatoms. The Bertz CT molecular complexity index is 651. The van der Waals surface area contributed by atoms with E-state index in [9.17, 15) is 0 Å². The SMILES string of the molecule is CC.CC1=CC(c2cc(-c3ccccc3)ccc2C)N=C1. The lowest BCUT2D eigenvalue weighted by Crippen LogP contribution is -1.94. The highest BCUT2D eigenvalue weighted by Crippen LogP contribution is 2.30. The van der Waals surface area contributed by atoms with Gasteiger partial charge < -0.3 is 0 Å². The largest absolute Gasteiger partial charge is 0.281 e. The number of aryl methyl sites for hydroxylation is 1. The maximum absolute atomic E-state index is 4.56. The van der Waals surface area contributed by atoms with Crippen molar-refractivity contribution in [1.29, 1.82) is 0 Å². The monoisotopic (exact) mass is 277 g/mol. The van der Waals surface area contributed by atoms with Crippen LogP contribution in [0.25, 0.3) is 11.1 Å². The molecule has 0 saturated carbocycles. The molecule has 0 aliphatic carbocycles. The van der Waals surface area contributed by atoms with E-state index in [4.69, 9.17) is 0 Å². The predicted molar refractivity (Wildman–Crippen MR) is 93.0 cm³/mol. The minimum atomic E-state index is 0.184. The van der Waals surface area contributed by atoms with Crippen molar-refractivity contribution < 1.29 is 0 Å². The maximum atomic E-state index is 4.56. The van der Waals surface area contributed by atoms with Crippen LogP contribution < -0.4 is 0 Å². The maximum Gasteiger partial charge on any atom is 0.0939 e. The van der Waals surface area contributed by atoms with Gasteiger partial charge in [0.15, 0.2) is 0 Å². The van der Waals surface area contributed by atoms with Gasteiger partial charge in [-0.25, -0.2) is 0 Å². The highest BCUT2D eigenvalue weighted by Gasteiger charge is 2.14. The second kappa shape index (κ2) is 7.03. The van der Waals surface area contributed by atoms with Crippen LogP contribution in [-0.2, 0) is 0 Å². The fourth-order valence-electron chi connectivity index (χ4n) is 2.47. The van der Waals surface area contributed by atoms with Gasteiger partial charge in [-0.3, -0.25) is 4.99 Å². The van der Waals surface area contributed by atoms with E-state index in [1.807, 2.05) is 26.1 Å². The Labute approximate surface area is 128 Å². The summed E-state index contributed by atoms with van der Waals surface area (Å²) in [4.78, 5) is 4.56. The van der Waals surface area contributed by atoms with E-state index in [1.165, 1.54) is 27.8 Å². The molecule has 0 aromatic heterocycles. The molecule has 0 amide bonds. The molecule has 2 aromatic carbocycles. The lowest BCUT2D eigenvalue weighted by Gasteiger charge is -2.12. The Balaban J connectivity index is 0.000000774. The number of nitrogens with zero attached hydrogens (tertiary/aromatic N) is 1. The standard InChI is InChI=1S/C18H17N.C2H6/c1-13-10-18(19-12-13)17-11-16(9-8-14(17)2)15-6-4-3-5-7-15;1-2/h3-12,18H,1-2H3;1-2H3. The third-order valence-corrected chi connectivity index (χ3v) is 3.56. The summed E-state index contributed by atoms with van der Waals surface area (Å²) in [6.07, 6.45) is 4.18. The predicted octanol–water partition coefficient (Wildman–Crippen LogP) is 5.76. The van der Waals surface area contributed by atoms with Crippen LogP contribution in [-0.4, -0.2) is 6.21 Å². The molecule has 0 spiro atoms. The van der Waals surface area contributed by atoms with Gasteiger partial charge in [-0.1, -0.05) is 62.4 Å². The fourth-order valence-corrected chi connectivity index (χ4v) is 2.47. The quantitative estimate of drug-likeness (QED) is 0.661. The summed E-state index contributed by atoms with van der Waals surface area (Å²) in [5, 5.41) is 0. The fraction of sp³-hybridized carbons (Fsp3) is 0.250. The van der Waals surface area contributed by atoms with Crippen LogP contribution in [0.2, 0.25) is 0 Å². The first-order chi connectivity index (χ1) is 10.2. The zero-order chi connectivity index (χ0) is 15.2. The van der Waals surface area contributed by atoms with E-state index < -0.39 is 0 Å². The highest BCUT2D eigenvalue weighted by atomic mass is 14.8. The lowest BCUT2D eigenvalue weighted by molar-refractivity contribution is 0.921. The first-order valence-electron chi connectivity index (χ1n) is 7.61. The molecular formula is C20H23N. The van der Waals surface area contributed by atoms with Crippen molar-refractivity contribution in [1.82, 2.24) is 0 Å². The summed E-state index contributed by atoms with van der Waals surface area (Å²) in [5.74, 6) is 0. The Hall–Kier alpha value is -2.15. The van der Waals surface area contributed by atoms with Crippen molar-refractivity contribution in [3.8, 4) is 11.1 Å². The van der Waals surface area contributed by atoms with Crippen molar-refractivity contribution >= 4 is 6.21 Å². The lowest BCUT2D eigenvalue weighted by atomic mass is 9.95. The van der Waals surface area contributed by atoms with Gasteiger partial charge in [0.2, 0.25) is 0 Å². The average Bonchev–Trinajstić information content (AvgIpc) is 2.97. The Morgan fingerprint density at radius 2 is 1.57 bits per heavy atom. The minimum Gasteiger partial charge on any atom is -0.281 e. The first kappa shape index (κ1) is 15.2. The number of hydrogen-bond donors (Lipinski definition) is 0. The van der Waals surface area contributed by atoms with Gasteiger partial charge >= 0.3 is 0 Å². The Morgan fingerprint density at radius 1 is 0.857 bits per heavy atom. The van der Waals surface area contributed by atoms with Crippen molar-refractivity contribution in [3.63, 3.8) is 0 Å². The Kier molecular flexibility index (Phi) is 5.10. The summed E-state index contributed by atoms with van der Waals surface area (Å²) < 4.78 is 0. The first-order valence-corrected chi connectivity index (χ1v) is 7.61. The van der Waals surface area contributed by atoms with Crippen LogP contribution in [0.3, 0.4) is 0 Å². The molecule has 1 aliphatic rings. The van der Waals surface area contributed by atoms with Crippen molar-refractivity contribution in [2.45, 2.75) is 33.7 Å². The summed E-state index contributed by atoms with van der Waals surface area (Å²) in [7, 11) is 0. The third-order valence-electron chi connectivity index (χ3n) is 3.56. The summed E-state index contributed by atoms with van der Waals surface area (Å²) in [6, 6.07) is 17.3. The number of aliphatic imine (C=N–C) groups is 1. The summed E-state index contributed by atoms with van der Waals surface area (Å²) >= 11 is 0. The molecule has 3 rings (SSSR count). The molecule has 1 atom stereocenters. The van der Waals surface area contributed by atoms with Gasteiger partial charge in [-0.15, -0.1) is 0 Å². The van der Waals surface area contributed by atoms with Gasteiger partial charge in [0, 0.05) is 6.21 Å². The molecular weight excluding hydrogens is 254 g/mol. The van der Waals surface area contributed by atoms with Crippen LogP contribution >= 0.6 is 0 Å². The van der Waals surface area contributed by atoms with Crippen molar-refractivity contribution in [2.75, 3.05) is 0 Å². The minimum absolute atomic E-state index is 0.184. The molecule has 2 aromatic rings.